The molecule has 0 radical (unpaired) electrons. The molecule has 2 heterocycles. The van der Waals surface area contributed by atoms with E-state index in [-0.39, 0.29) is 12.4 Å². The lowest BCUT2D eigenvalue weighted by Crippen LogP contribution is -2.48. The van der Waals surface area contributed by atoms with Gasteiger partial charge in [-0.3, -0.25) is 9.88 Å². The quantitative estimate of drug-likeness (QED) is 0.855. The molecule has 0 aliphatic carbocycles. The van der Waals surface area contributed by atoms with Crippen molar-refractivity contribution in [3.05, 3.63) is 53.9 Å². The van der Waals surface area contributed by atoms with Gasteiger partial charge < -0.3 is 14.8 Å². The predicted octanol–water partition coefficient (Wildman–Crippen LogP) is 2.88. The maximum absolute atomic E-state index is 6.03. The Morgan fingerprint density at radius 2 is 2.16 bits per heavy atom. The van der Waals surface area contributed by atoms with Crippen LogP contribution in [0.1, 0.15) is 18.2 Å². The SMILES string of the molecule is COc1ccc(OCc2ccccn2)c(CN2CCN[C@@H](C)C2)c1.Cl. The first-order valence-corrected chi connectivity index (χ1v) is 8.40. The lowest BCUT2D eigenvalue weighted by atomic mass is 10.1. The number of hydrogen-bond acceptors (Lipinski definition) is 5. The summed E-state index contributed by atoms with van der Waals surface area (Å²) in [6.07, 6.45) is 1.79. The number of nitrogens with one attached hydrogen (secondary N) is 1. The van der Waals surface area contributed by atoms with E-state index in [9.17, 15) is 0 Å². The minimum absolute atomic E-state index is 0. The molecule has 5 nitrogen and oxygen atoms in total. The van der Waals surface area contributed by atoms with Gasteiger partial charge in [0.05, 0.1) is 12.8 Å². The van der Waals surface area contributed by atoms with Crippen molar-refractivity contribution in [3.8, 4) is 11.5 Å². The van der Waals surface area contributed by atoms with E-state index < -0.39 is 0 Å². The maximum atomic E-state index is 6.03. The summed E-state index contributed by atoms with van der Waals surface area (Å²) in [5, 5.41) is 3.48. The Bertz CT molecular complexity index is 654. The van der Waals surface area contributed by atoms with E-state index in [0.29, 0.717) is 12.6 Å². The molecular weight excluding hydrogens is 338 g/mol. The molecular formula is C19H26ClN3O2. The van der Waals surface area contributed by atoms with Gasteiger partial charge in [0.15, 0.2) is 0 Å². The normalized spacial score (nSPS) is 17.6. The Morgan fingerprint density at radius 1 is 1.28 bits per heavy atom. The van der Waals surface area contributed by atoms with Crippen LogP contribution in [-0.2, 0) is 13.2 Å². The first kappa shape index (κ1) is 19.5. The van der Waals surface area contributed by atoms with Crippen molar-refractivity contribution in [1.82, 2.24) is 15.2 Å². The van der Waals surface area contributed by atoms with Crippen LogP contribution in [0.3, 0.4) is 0 Å². The largest absolute Gasteiger partial charge is 0.497 e. The summed E-state index contributed by atoms with van der Waals surface area (Å²) >= 11 is 0. The second-order valence-corrected chi connectivity index (χ2v) is 6.17. The molecule has 0 unspecified atom stereocenters. The van der Waals surface area contributed by atoms with Gasteiger partial charge in [-0.1, -0.05) is 6.07 Å². The fraction of sp³-hybridized carbons (Fsp3) is 0.421. The van der Waals surface area contributed by atoms with Crippen LogP contribution in [0.25, 0.3) is 0 Å². The average Bonchev–Trinajstić information content (AvgIpc) is 2.61. The van der Waals surface area contributed by atoms with Gasteiger partial charge in [0, 0.05) is 44.0 Å². The summed E-state index contributed by atoms with van der Waals surface area (Å²) in [7, 11) is 1.69. The zero-order valence-electron chi connectivity index (χ0n) is 14.8. The van der Waals surface area contributed by atoms with E-state index >= 15 is 0 Å². The molecule has 3 rings (SSSR count). The van der Waals surface area contributed by atoms with Crippen molar-refractivity contribution in [3.63, 3.8) is 0 Å². The van der Waals surface area contributed by atoms with Crippen molar-refractivity contribution in [2.24, 2.45) is 0 Å². The van der Waals surface area contributed by atoms with E-state index in [1.54, 1.807) is 13.3 Å². The number of pyridine rings is 1. The average molecular weight is 364 g/mol. The number of halogens is 1. The van der Waals surface area contributed by atoms with Crippen molar-refractivity contribution in [2.75, 3.05) is 26.7 Å². The van der Waals surface area contributed by atoms with E-state index in [2.05, 4.69) is 28.2 Å². The minimum Gasteiger partial charge on any atom is -0.497 e. The second-order valence-electron chi connectivity index (χ2n) is 6.17. The number of hydrogen-bond donors (Lipinski definition) is 1. The number of methoxy groups -OCH3 is 1. The number of nitrogens with zero attached hydrogens (tertiary/aromatic N) is 2. The minimum atomic E-state index is 0. The highest BCUT2D eigenvalue weighted by Crippen LogP contribution is 2.26. The van der Waals surface area contributed by atoms with E-state index in [0.717, 1.165) is 48.9 Å². The van der Waals surface area contributed by atoms with Crippen LogP contribution in [0.4, 0.5) is 0 Å². The molecule has 1 atom stereocenters. The Labute approximate surface area is 155 Å². The van der Waals surface area contributed by atoms with E-state index in [1.165, 1.54) is 0 Å². The number of benzene rings is 1. The highest BCUT2D eigenvalue weighted by Gasteiger charge is 2.17. The summed E-state index contributed by atoms with van der Waals surface area (Å²) in [4.78, 5) is 6.76. The monoisotopic (exact) mass is 363 g/mol. The lowest BCUT2D eigenvalue weighted by Gasteiger charge is -2.32. The van der Waals surface area contributed by atoms with Crippen LogP contribution in [0.15, 0.2) is 42.6 Å². The van der Waals surface area contributed by atoms with Crippen LogP contribution < -0.4 is 14.8 Å². The molecule has 1 aromatic heterocycles. The predicted molar refractivity (Wildman–Crippen MR) is 102 cm³/mol. The Morgan fingerprint density at radius 3 is 2.88 bits per heavy atom. The third-order valence-electron chi connectivity index (χ3n) is 4.22. The Hall–Kier alpha value is -1.82. The third-order valence-corrected chi connectivity index (χ3v) is 4.22. The van der Waals surface area contributed by atoms with Gasteiger partial charge in [-0.15, -0.1) is 12.4 Å². The lowest BCUT2D eigenvalue weighted by molar-refractivity contribution is 0.195. The molecule has 136 valence electrons. The van der Waals surface area contributed by atoms with Gasteiger partial charge >= 0.3 is 0 Å². The molecule has 1 fully saturated rings. The van der Waals surface area contributed by atoms with Crippen molar-refractivity contribution in [1.29, 1.82) is 0 Å². The van der Waals surface area contributed by atoms with Gasteiger partial charge in [-0.2, -0.15) is 0 Å². The highest BCUT2D eigenvalue weighted by molar-refractivity contribution is 5.85. The molecule has 1 aromatic carbocycles. The summed E-state index contributed by atoms with van der Waals surface area (Å²) in [5.74, 6) is 1.76. The molecule has 0 bridgehead atoms. The van der Waals surface area contributed by atoms with Crippen molar-refractivity contribution < 1.29 is 9.47 Å². The van der Waals surface area contributed by atoms with Crippen LogP contribution in [0.2, 0.25) is 0 Å². The summed E-state index contributed by atoms with van der Waals surface area (Å²) in [6.45, 7) is 6.66. The molecule has 1 saturated heterocycles. The molecule has 1 N–H and O–H groups in total. The van der Waals surface area contributed by atoms with Gasteiger partial charge in [0.2, 0.25) is 0 Å². The van der Waals surface area contributed by atoms with Crippen LogP contribution in [0.5, 0.6) is 11.5 Å². The summed E-state index contributed by atoms with van der Waals surface area (Å²) in [6, 6.07) is 12.4. The number of ether oxygens (including phenoxy) is 2. The summed E-state index contributed by atoms with van der Waals surface area (Å²) in [5.41, 5.74) is 2.08. The fourth-order valence-corrected chi connectivity index (χ4v) is 2.98. The molecule has 0 saturated carbocycles. The standard InChI is InChI=1S/C19H25N3O2.ClH/c1-15-12-22(10-9-20-15)13-16-11-18(23-2)6-7-19(16)24-14-17-5-3-4-8-21-17;/h3-8,11,15,20H,9-10,12-14H2,1-2H3;1H/t15-;/m0./s1. The summed E-state index contributed by atoms with van der Waals surface area (Å²) < 4.78 is 11.4. The molecule has 0 spiro atoms. The molecule has 25 heavy (non-hydrogen) atoms. The van der Waals surface area contributed by atoms with Crippen LogP contribution in [-0.4, -0.2) is 42.7 Å². The first-order valence-electron chi connectivity index (χ1n) is 8.40. The van der Waals surface area contributed by atoms with E-state index in [4.69, 9.17) is 9.47 Å². The zero-order chi connectivity index (χ0) is 16.8. The van der Waals surface area contributed by atoms with Gasteiger partial charge in [-0.25, -0.2) is 0 Å². The van der Waals surface area contributed by atoms with E-state index in [1.807, 2.05) is 30.3 Å². The Balaban J connectivity index is 0.00000225. The molecule has 1 aliphatic rings. The Kier molecular flexibility index (Phi) is 7.50. The smallest absolute Gasteiger partial charge is 0.130 e. The van der Waals surface area contributed by atoms with Gasteiger partial charge in [-0.05, 0) is 37.3 Å². The topological polar surface area (TPSA) is 46.6 Å². The molecule has 6 heteroatoms. The van der Waals surface area contributed by atoms with Gasteiger partial charge in [0.1, 0.15) is 18.1 Å². The third kappa shape index (κ3) is 5.59. The molecule has 2 aromatic rings. The highest BCUT2D eigenvalue weighted by atomic mass is 35.5. The fourth-order valence-electron chi connectivity index (χ4n) is 2.98. The first-order chi connectivity index (χ1) is 11.7. The zero-order valence-corrected chi connectivity index (χ0v) is 15.6. The second kappa shape index (κ2) is 9.61. The van der Waals surface area contributed by atoms with Crippen LogP contribution >= 0.6 is 12.4 Å². The van der Waals surface area contributed by atoms with Gasteiger partial charge in [0.25, 0.3) is 0 Å². The van der Waals surface area contributed by atoms with Crippen LogP contribution in [0, 0.1) is 0 Å². The molecule has 0 amide bonds. The number of aromatic nitrogens is 1. The number of rotatable bonds is 6. The molecule has 1 aliphatic heterocycles. The maximum Gasteiger partial charge on any atom is 0.130 e. The van der Waals surface area contributed by atoms with Crippen molar-refractivity contribution in [2.45, 2.75) is 26.1 Å². The van der Waals surface area contributed by atoms with Crippen molar-refractivity contribution >= 4 is 12.4 Å². The number of piperazine rings is 1.